The molecule has 7 nitrogen and oxygen atoms in total. The molecule has 2 rings (SSSR count). The number of amides is 2. The summed E-state index contributed by atoms with van der Waals surface area (Å²) in [4.78, 5) is 28.5. The molecule has 0 bridgehead atoms. The van der Waals surface area contributed by atoms with Crippen LogP contribution in [0, 0.1) is 5.92 Å². The summed E-state index contributed by atoms with van der Waals surface area (Å²) in [6.45, 7) is 3.40. The summed E-state index contributed by atoms with van der Waals surface area (Å²) in [6.07, 6.45) is 2.13. The first kappa shape index (κ1) is 15.1. The van der Waals surface area contributed by atoms with Crippen molar-refractivity contribution in [2.75, 3.05) is 19.7 Å². The molecular weight excluding hydrogens is 274 g/mol. The summed E-state index contributed by atoms with van der Waals surface area (Å²) in [5.41, 5.74) is 0.793. The van der Waals surface area contributed by atoms with Crippen molar-refractivity contribution in [2.24, 2.45) is 5.92 Å². The van der Waals surface area contributed by atoms with Crippen molar-refractivity contribution in [1.29, 1.82) is 0 Å². The maximum absolute atomic E-state index is 12.0. The number of rotatable bonds is 5. The van der Waals surface area contributed by atoms with E-state index in [-0.39, 0.29) is 12.6 Å². The predicted molar refractivity (Wildman–Crippen MR) is 75.0 cm³/mol. The molecule has 1 aliphatic heterocycles. The average molecular weight is 293 g/mol. The Balaban J connectivity index is 1.89. The zero-order valence-electron chi connectivity index (χ0n) is 11.9. The zero-order chi connectivity index (χ0) is 15.2. The molecule has 1 aromatic heterocycles. The number of aromatic nitrogens is 1. The Bertz CT molecular complexity index is 521. The molecule has 1 unspecified atom stereocenters. The second-order valence-electron chi connectivity index (χ2n) is 4.83. The molecule has 2 amide bonds. The Kier molecular flexibility index (Phi) is 4.97. The van der Waals surface area contributed by atoms with Crippen molar-refractivity contribution in [2.45, 2.75) is 19.9 Å². The first-order chi connectivity index (χ1) is 10.1. The van der Waals surface area contributed by atoms with Crippen LogP contribution in [0.15, 0.2) is 18.3 Å². The molecule has 1 aromatic rings. The van der Waals surface area contributed by atoms with E-state index in [9.17, 15) is 9.59 Å². The minimum atomic E-state index is -0.851. The quantitative estimate of drug-likeness (QED) is 0.848. The third-order valence-corrected chi connectivity index (χ3v) is 3.39. The van der Waals surface area contributed by atoms with Crippen LogP contribution in [-0.2, 0) is 11.3 Å². The van der Waals surface area contributed by atoms with Crippen LogP contribution in [0.3, 0.4) is 0 Å². The Hall–Kier alpha value is -2.31. The Labute approximate surface area is 122 Å². The standard InChI is InChI=1S/C14H19N3O4/c1-2-21-12-10(4-3-6-15-12)8-16-14(20)17-7-5-11(9-17)13(18)19/h3-4,6,11H,2,5,7-9H2,1H3,(H,16,20)(H,18,19). The SMILES string of the molecule is CCOc1ncccc1CNC(=O)N1CCC(C(=O)O)C1. The lowest BCUT2D eigenvalue weighted by Gasteiger charge is -2.17. The van der Waals surface area contributed by atoms with Crippen LogP contribution in [0.5, 0.6) is 5.88 Å². The van der Waals surface area contributed by atoms with E-state index in [4.69, 9.17) is 9.84 Å². The van der Waals surface area contributed by atoms with Crippen molar-refractivity contribution in [1.82, 2.24) is 15.2 Å². The number of likely N-dealkylation sites (tertiary alicyclic amines) is 1. The molecule has 114 valence electrons. The van der Waals surface area contributed by atoms with Crippen LogP contribution in [0.1, 0.15) is 18.9 Å². The number of carboxylic acid groups (broad SMARTS) is 1. The van der Waals surface area contributed by atoms with Crippen LogP contribution < -0.4 is 10.1 Å². The van der Waals surface area contributed by atoms with Crippen molar-refractivity contribution < 1.29 is 19.4 Å². The van der Waals surface area contributed by atoms with E-state index in [1.54, 1.807) is 12.3 Å². The van der Waals surface area contributed by atoms with Gasteiger partial charge in [-0.2, -0.15) is 0 Å². The third-order valence-electron chi connectivity index (χ3n) is 3.39. The second kappa shape index (κ2) is 6.92. The fourth-order valence-corrected chi connectivity index (χ4v) is 2.25. The summed E-state index contributed by atoms with van der Waals surface area (Å²) in [5.74, 6) is -0.811. The lowest BCUT2D eigenvalue weighted by atomic mass is 10.1. The molecule has 0 saturated carbocycles. The van der Waals surface area contributed by atoms with E-state index < -0.39 is 11.9 Å². The first-order valence-electron chi connectivity index (χ1n) is 6.94. The molecule has 0 aromatic carbocycles. The smallest absolute Gasteiger partial charge is 0.317 e. The Morgan fingerprint density at radius 1 is 1.57 bits per heavy atom. The number of aliphatic carboxylic acids is 1. The number of nitrogens with zero attached hydrogens (tertiary/aromatic N) is 2. The van der Waals surface area contributed by atoms with Crippen LogP contribution in [0.4, 0.5) is 4.79 Å². The van der Waals surface area contributed by atoms with E-state index in [0.717, 1.165) is 5.56 Å². The molecule has 1 aliphatic rings. The van der Waals surface area contributed by atoms with Gasteiger partial charge < -0.3 is 20.1 Å². The van der Waals surface area contributed by atoms with Crippen molar-refractivity contribution in [3.63, 3.8) is 0 Å². The van der Waals surface area contributed by atoms with Gasteiger partial charge in [-0.1, -0.05) is 6.07 Å². The molecule has 0 spiro atoms. The highest BCUT2D eigenvalue weighted by Gasteiger charge is 2.30. The van der Waals surface area contributed by atoms with Gasteiger partial charge in [0.2, 0.25) is 5.88 Å². The summed E-state index contributed by atoms with van der Waals surface area (Å²) in [7, 11) is 0. The highest BCUT2D eigenvalue weighted by molar-refractivity contribution is 5.77. The highest BCUT2D eigenvalue weighted by atomic mass is 16.5. The van der Waals surface area contributed by atoms with E-state index in [1.165, 1.54) is 4.90 Å². The van der Waals surface area contributed by atoms with Crippen molar-refractivity contribution in [3.05, 3.63) is 23.9 Å². The van der Waals surface area contributed by atoms with E-state index in [1.807, 2.05) is 13.0 Å². The van der Waals surface area contributed by atoms with Gasteiger partial charge in [0.05, 0.1) is 12.5 Å². The average Bonchev–Trinajstić information content (AvgIpc) is 2.96. The van der Waals surface area contributed by atoms with Crippen LogP contribution in [0.25, 0.3) is 0 Å². The highest BCUT2D eigenvalue weighted by Crippen LogP contribution is 2.17. The maximum Gasteiger partial charge on any atom is 0.317 e. The lowest BCUT2D eigenvalue weighted by Crippen LogP contribution is -2.38. The molecule has 2 heterocycles. The topological polar surface area (TPSA) is 91.8 Å². The van der Waals surface area contributed by atoms with Gasteiger partial charge in [-0.05, 0) is 19.4 Å². The van der Waals surface area contributed by atoms with Gasteiger partial charge in [-0.15, -0.1) is 0 Å². The lowest BCUT2D eigenvalue weighted by molar-refractivity contribution is -0.141. The molecule has 21 heavy (non-hydrogen) atoms. The van der Waals surface area contributed by atoms with Crippen LogP contribution >= 0.6 is 0 Å². The minimum Gasteiger partial charge on any atom is -0.481 e. The number of carbonyl (C=O) groups is 2. The van der Waals surface area contributed by atoms with Gasteiger partial charge in [-0.3, -0.25) is 4.79 Å². The van der Waals surface area contributed by atoms with Gasteiger partial charge in [-0.25, -0.2) is 9.78 Å². The zero-order valence-corrected chi connectivity index (χ0v) is 11.9. The predicted octanol–water partition coefficient (Wildman–Crippen LogP) is 1.10. The molecule has 1 saturated heterocycles. The second-order valence-corrected chi connectivity index (χ2v) is 4.83. The van der Waals surface area contributed by atoms with Gasteiger partial charge in [0.15, 0.2) is 0 Å². The number of pyridine rings is 1. The van der Waals surface area contributed by atoms with Gasteiger partial charge >= 0.3 is 12.0 Å². The van der Waals surface area contributed by atoms with E-state index >= 15 is 0 Å². The molecule has 1 fully saturated rings. The molecule has 2 N–H and O–H groups in total. The third kappa shape index (κ3) is 3.84. The molecule has 1 atom stereocenters. The minimum absolute atomic E-state index is 0.256. The molecule has 0 radical (unpaired) electrons. The number of nitrogens with one attached hydrogen (secondary N) is 1. The summed E-state index contributed by atoms with van der Waals surface area (Å²) < 4.78 is 5.39. The number of hydrogen-bond donors (Lipinski definition) is 2. The van der Waals surface area contributed by atoms with Gasteiger partial charge in [0.25, 0.3) is 0 Å². The molecule has 0 aliphatic carbocycles. The largest absolute Gasteiger partial charge is 0.481 e. The van der Waals surface area contributed by atoms with E-state index in [0.29, 0.717) is 32.0 Å². The Morgan fingerprint density at radius 2 is 2.38 bits per heavy atom. The molecular formula is C14H19N3O4. The molecule has 7 heteroatoms. The van der Waals surface area contributed by atoms with E-state index in [2.05, 4.69) is 10.3 Å². The van der Waals surface area contributed by atoms with Gasteiger partial charge in [0, 0.05) is 31.4 Å². The summed E-state index contributed by atoms with van der Waals surface area (Å²) >= 11 is 0. The normalized spacial score (nSPS) is 17.6. The first-order valence-corrected chi connectivity index (χ1v) is 6.94. The summed E-state index contributed by atoms with van der Waals surface area (Å²) in [6, 6.07) is 3.35. The van der Waals surface area contributed by atoms with Crippen LogP contribution in [-0.4, -0.2) is 46.7 Å². The fraction of sp³-hybridized carbons (Fsp3) is 0.500. The summed E-state index contributed by atoms with van der Waals surface area (Å²) in [5, 5.41) is 11.7. The number of ether oxygens (including phenoxy) is 1. The Morgan fingerprint density at radius 3 is 3.05 bits per heavy atom. The number of carbonyl (C=O) groups excluding carboxylic acids is 1. The van der Waals surface area contributed by atoms with Crippen molar-refractivity contribution >= 4 is 12.0 Å². The number of hydrogen-bond acceptors (Lipinski definition) is 4. The van der Waals surface area contributed by atoms with Crippen molar-refractivity contribution in [3.8, 4) is 5.88 Å². The van der Waals surface area contributed by atoms with Crippen LogP contribution in [0.2, 0.25) is 0 Å². The monoisotopic (exact) mass is 293 g/mol. The number of carboxylic acids is 1. The van der Waals surface area contributed by atoms with Gasteiger partial charge in [0.1, 0.15) is 0 Å². The maximum atomic E-state index is 12.0. The number of urea groups is 1. The fourth-order valence-electron chi connectivity index (χ4n) is 2.25.